The first-order valence-corrected chi connectivity index (χ1v) is 13.4. The highest BCUT2D eigenvalue weighted by atomic mass is 35.5. The van der Waals surface area contributed by atoms with Gasteiger partial charge in [0.15, 0.2) is 5.13 Å². The number of fused-ring (bicyclic) bond motifs is 2. The Morgan fingerprint density at radius 2 is 1.95 bits per heavy atom. The highest BCUT2D eigenvalue weighted by molar-refractivity contribution is 7.22. The SMILES string of the molecule is CCOc1ccc([C@@H]2C(=C(O)c3ccc4c(c3)C[C@H](C)O4)C(=O)C(=O)N2c2nc3ccc(Cl)cc3s2)cc1. The van der Waals surface area contributed by atoms with Gasteiger partial charge in [0.05, 0.1) is 28.4 Å². The molecule has 0 radical (unpaired) electrons. The van der Waals surface area contributed by atoms with Crippen LogP contribution in [0.5, 0.6) is 11.5 Å². The number of amides is 1. The molecule has 6 rings (SSSR count). The molecular weight excluding hydrogens is 524 g/mol. The number of hydrogen-bond donors (Lipinski definition) is 1. The number of aliphatic hydroxyl groups is 1. The van der Waals surface area contributed by atoms with Crippen molar-refractivity contribution in [3.63, 3.8) is 0 Å². The summed E-state index contributed by atoms with van der Waals surface area (Å²) in [4.78, 5) is 33.0. The molecule has 4 aromatic rings. The molecule has 0 bridgehead atoms. The number of benzene rings is 3. The summed E-state index contributed by atoms with van der Waals surface area (Å²) < 4.78 is 12.1. The number of aromatic nitrogens is 1. The molecule has 3 heterocycles. The van der Waals surface area contributed by atoms with Crippen LogP contribution in [0.2, 0.25) is 5.02 Å². The van der Waals surface area contributed by atoms with Crippen molar-refractivity contribution in [2.75, 3.05) is 11.5 Å². The Balaban J connectivity index is 1.51. The molecule has 38 heavy (non-hydrogen) atoms. The van der Waals surface area contributed by atoms with Gasteiger partial charge in [0.2, 0.25) is 0 Å². The highest BCUT2D eigenvalue weighted by Crippen LogP contribution is 2.45. The van der Waals surface area contributed by atoms with Crippen LogP contribution in [0.25, 0.3) is 16.0 Å². The zero-order valence-electron chi connectivity index (χ0n) is 20.6. The molecule has 9 heteroatoms. The Morgan fingerprint density at radius 3 is 2.71 bits per heavy atom. The molecule has 2 aliphatic rings. The molecule has 0 spiro atoms. The van der Waals surface area contributed by atoms with Gasteiger partial charge < -0.3 is 14.6 Å². The van der Waals surface area contributed by atoms with Crippen LogP contribution in [0.3, 0.4) is 0 Å². The lowest BCUT2D eigenvalue weighted by Crippen LogP contribution is -2.29. The van der Waals surface area contributed by atoms with Gasteiger partial charge >= 0.3 is 5.91 Å². The van der Waals surface area contributed by atoms with E-state index in [1.165, 1.54) is 16.2 Å². The van der Waals surface area contributed by atoms with Crippen molar-refractivity contribution in [3.8, 4) is 11.5 Å². The van der Waals surface area contributed by atoms with Crippen molar-refractivity contribution in [2.45, 2.75) is 32.4 Å². The van der Waals surface area contributed by atoms with Crippen LogP contribution >= 0.6 is 22.9 Å². The zero-order chi connectivity index (χ0) is 26.6. The number of ether oxygens (including phenoxy) is 2. The van der Waals surface area contributed by atoms with E-state index in [2.05, 4.69) is 4.98 Å². The Morgan fingerprint density at radius 1 is 1.16 bits per heavy atom. The fourth-order valence-corrected chi connectivity index (χ4v) is 6.24. The van der Waals surface area contributed by atoms with Crippen LogP contribution < -0.4 is 14.4 Å². The number of ketones is 1. The van der Waals surface area contributed by atoms with Gasteiger partial charge in [-0.05, 0) is 73.5 Å². The molecule has 0 unspecified atom stereocenters. The van der Waals surface area contributed by atoms with E-state index in [0.29, 0.717) is 45.6 Å². The van der Waals surface area contributed by atoms with E-state index in [-0.39, 0.29) is 17.4 Å². The first-order chi connectivity index (χ1) is 18.3. The van der Waals surface area contributed by atoms with Crippen LogP contribution in [0.1, 0.15) is 36.6 Å². The van der Waals surface area contributed by atoms with E-state index in [9.17, 15) is 14.7 Å². The normalized spacial score (nSPS) is 20.1. The van der Waals surface area contributed by atoms with E-state index in [1.54, 1.807) is 54.6 Å². The summed E-state index contributed by atoms with van der Waals surface area (Å²) in [6.45, 7) is 4.37. The average molecular weight is 547 g/mol. The molecule has 0 aliphatic carbocycles. The summed E-state index contributed by atoms with van der Waals surface area (Å²) in [5.41, 5.74) is 2.70. The number of carbonyl (C=O) groups is 2. The quantitative estimate of drug-likeness (QED) is 0.179. The number of rotatable bonds is 5. The average Bonchev–Trinajstić information content (AvgIpc) is 3.56. The van der Waals surface area contributed by atoms with Gasteiger partial charge in [0, 0.05) is 17.0 Å². The van der Waals surface area contributed by atoms with Crippen LogP contribution in [-0.2, 0) is 16.0 Å². The van der Waals surface area contributed by atoms with Crippen molar-refractivity contribution in [3.05, 3.63) is 87.9 Å². The maximum Gasteiger partial charge on any atom is 0.301 e. The van der Waals surface area contributed by atoms with Crippen molar-refractivity contribution in [2.24, 2.45) is 0 Å². The highest BCUT2D eigenvalue weighted by Gasteiger charge is 2.48. The summed E-state index contributed by atoms with van der Waals surface area (Å²) in [7, 11) is 0. The number of thiazole rings is 1. The standard InChI is InChI=1S/C29H23ClN2O5S/c1-3-36-20-8-4-16(5-9-20)25-24(26(33)17-6-11-22-18(13-17)12-15(2)37-22)27(34)28(35)32(25)29-31-21-10-7-19(30)14-23(21)38-29/h4-11,13-15,25,33H,3,12H2,1-2H3/t15-,25+/m0/s1. The molecule has 1 aromatic heterocycles. The third-order valence-electron chi connectivity index (χ3n) is 6.67. The molecule has 0 saturated carbocycles. The molecule has 192 valence electrons. The molecule has 2 atom stereocenters. The maximum absolute atomic E-state index is 13.5. The van der Waals surface area contributed by atoms with Crippen molar-refractivity contribution >= 4 is 55.7 Å². The summed E-state index contributed by atoms with van der Waals surface area (Å²) in [6, 6.07) is 16.8. The maximum atomic E-state index is 13.5. The molecular formula is C29H23ClN2O5S. The van der Waals surface area contributed by atoms with Crippen molar-refractivity contribution in [1.82, 2.24) is 4.98 Å². The molecule has 7 nitrogen and oxygen atoms in total. The Labute approximate surface area is 227 Å². The van der Waals surface area contributed by atoms with Gasteiger partial charge in [-0.2, -0.15) is 0 Å². The van der Waals surface area contributed by atoms with Crippen molar-refractivity contribution < 1.29 is 24.2 Å². The van der Waals surface area contributed by atoms with E-state index in [0.717, 1.165) is 16.0 Å². The summed E-state index contributed by atoms with van der Waals surface area (Å²) in [5.74, 6) is -0.352. The first-order valence-electron chi connectivity index (χ1n) is 12.2. The summed E-state index contributed by atoms with van der Waals surface area (Å²) in [5, 5.41) is 12.4. The predicted molar refractivity (Wildman–Crippen MR) is 147 cm³/mol. The Kier molecular flexibility index (Phi) is 6.08. The number of aliphatic hydroxyl groups excluding tert-OH is 1. The lowest BCUT2D eigenvalue weighted by molar-refractivity contribution is -0.132. The molecule has 1 amide bonds. The topological polar surface area (TPSA) is 89.0 Å². The largest absolute Gasteiger partial charge is 0.507 e. The fourth-order valence-electron chi connectivity index (χ4n) is 4.97. The van der Waals surface area contributed by atoms with E-state index >= 15 is 0 Å². The smallest absolute Gasteiger partial charge is 0.301 e. The molecule has 2 aliphatic heterocycles. The summed E-state index contributed by atoms with van der Waals surface area (Å²) >= 11 is 7.43. The first kappa shape index (κ1) is 24.5. The molecule has 1 saturated heterocycles. The fraction of sp³-hybridized carbons (Fsp3) is 0.207. The van der Waals surface area contributed by atoms with Gasteiger partial charge in [0.25, 0.3) is 5.78 Å². The number of nitrogens with zero attached hydrogens (tertiary/aromatic N) is 2. The number of Topliss-reactive ketones (excluding diaryl/α,β-unsaturated/α-hetero) is 1. The predicted octanol–water partition coefficient (Wildman–Crippen LogP) is 6.30. The number of carbonyl (C=O) groups excluding carboxylic acids is 2. The van der Waals surface area contributed by atoms with Crippen LogP contribution in [0.15, 0.2) is 66.2 Å². The molecule has 1 N–H and O–H groups in total. The second-order valence-corrected chi connectivity index (χ2v) is 10.7. The van der Waals surface area contributed by atoms with Crippen molar-refractivity contribution in [1.29, 1.82) is 0 Å². The third-order valence-corrected chi connectivity index (χ3v) is 7.92. The molecule has 1 fully saturated rings. The Hall–Kier alpha value is -3.88. The van der Waals surface area contributed by atoms with Gasteiger partial charge in [-0.1, -0.05) is 35.1 Å². The minimum absolute atomic E-state index is 0.00311. The minimum atomic E-state index is -0.884. The summed E-state index contributed by atoms with van der Waals surface area (Å²) in [6.07, 6.45) is 0.728. The third kappa shape index (κ3) is 4.10. The van der Waals surface area contributed by atoms with E-state index < -0.39 is 17.7 Å². The van der Waals surface area contributed by atoms with Crippen LogP contribution in [-0.4, -0.2) is 34.5 Å². The van der Waals surface area contributed by atoms with Gasteiger partial charge in [0.1, 0.15) is 23.4 Å². The number of anilines is 1. The second-order valence-electron chi connectivity index (χ2n) is 9.23. The van der Waals surface area contributed by atoms with Gasteiger partial charge in [-0.3, -0.25) is 14.5 Å². The van der Waals surface area contributed by atoms with Crippen LogP contribution in [0, 0.1) is 0 Å². The van der Waals surface area contributed by atoms with E-state index in [1.807, 2.05) is 19.9 Å². The zero-order valence-corrected chi connectivity index (χ0v) is 22.2. The lowest BCUT2D eigenvalue weighted by atomic mass is 9.94. The number of hydrogen-bond acceptors (Lipinski definition) is 7. The number of halogens is 1. The van der Waals surface area contributed by atoms with E-state index in [4.69, 9.17) is 21.1 Å². The Bertz CT molecular complexity index is 1630. The second kappa shape index (κ2) is 9.45. The van der Waals surface area contributed by atoms with Gasteiger partial charge in [-0.25, -0.2) is 4.98 Å². The minimum Gasteiger partial charge on any atom is -0.507 e. The van der Waals surface area contributed by atoms with Crippen LogP contribution in [0.4, 0.5) is 5.13 Å². The van der Waals surface area contributed by atoms with Gasteiger partial charge in [-0.15, -0.1) is 0 Å². The molecule has 3 aromatic carbocycles. The monoisotopic (exact) mass is 546 g/mol. The lowest BCUT2D eigenvalue weighted by Gasteiger charge is -2.23.